The number of anilines is 1. The first kappa shape index (κ1) is 14.4. The maximum absolute atomic E-state index is 5.66. The van der Waals surface area contributed by atoms with Crippen LogP contribution < -0.4 is 10.2 Å². The van der Waals surface area contributed by atoms with Crippen molar-refractivity contribution >= 4 is 5.69 Å². The second kappa shape index (κ2) is 7.51. The summed E-state index contributed by atoms with van der Waals surface area (Å²) in [5, 5.41) is 3.61. The minimum atomic E-state index is 0.512. The molecule has 1 aromatic carbocycles. The molecule has 3 heteroatoms. The number of nitrogens with zero attached hydrogens (tertiary/aromatic N) is 1. The van der Waals surface area contributed by atoms with Crippen LogP contribution in [0.1, 0.15) is 20.3 Å². The summed E-state index contributed by atoms with van der Waals surface area (Å²) in [5.41, 5.74) is 1.31. The lowest BCUT2D eigenvalue weighted by Gasteiger charge is -2.29. The first-order valence-electron chi connectivity index (χ1n) is 7.46. The zero-order valence-electron chi connectivity index (χ0n) is 12.1. The summed E-state index contributed by atoms with van der Waals surface area (Å²) in [4.78, 5) is 2.44. The van der Waals surface area contributed by atoms with E-state index in [1.807, 2.05) is 0 Å². The second-order valence-corrected chi connectivity index (χ2v) is 5.23. The molecule has 1 saturated heterocycles. The quantitative estimate of drug-likeness (QED) is 0.817. The lowest BCUT2D eigenvalue weighted by molar-refractivity contribution is 0.183. The molecular formula is C16H26N2O. The van der Waals surface area contributed by atoms with Gasteiger partial charge in [0.1, 0.15) is 0 Å². The zero-order chi connectivity index (χ0) is 13.5. The van der Waals surface area contributed by atoms with Gasteiger partial charge < -0.3 is 15.0 Å². The number of para-hydroxylation sites is 1. The third-order valence-electron chi connectivity index (χ3n) is 3.81. The van der Waals surface area contributed by atoms with Gasteiger partial charge in [0.25, 0.3) is 0 Å². The van der Waals surface area contributed by atoms with Crippen molar-refractivity contribution in [2.45, 2.75) is 26.3 Å². The highest BCUT2D eigenvalue weighted by atomic mass is 16.5. The highest BCUT2D eigenvalue weighted by Gasteiger charge is 2.29. The number of nitrogens with one attached hydrogen (secondary N) is 1. The molecule has 3 nitrogen and oxygen atoms in total. The minimum absolute atomic E-state index is 0.512. The second-order valence-electron chi connectivity index (χ2n) is 5.23. The molecule has 0 spiro atoms. The molecule has 0 aromatic heterocycles. The molecule has 0 amide bonds. The van der Waals surface area contributed by atoms with Gasteiger partial charge in [-0.05, 0) is 32.0 Å². The molecule has 1 aliphatic heterocycles. The van der Waals surface area contributed by atoms with Crippen molar-refractivity contribution in [1.82, 2.24) is 5.32 Å². The molecule has 1 aromatic rings. The Morgan fingerprint density at radius 2 is 2.00 bits per heavy atom. The molecule has 0 radical (unpaired) electrons. The molecule has 0 aliphatic carbocycles. The summed E-state index contributed by atoms with van der Waals surface area (Å²) < 4.78 is 5.66. The van der Waals surface area contributed by atoms with Crippen molar-refractivity contribution in [1.29, 1.82) is 0 Å². The largest absolute Gasteiger partial charge is 0.379 e. The van der Waals surface area contributed by atoms with Gasteiger partial charge in [-0.15, -0.1) is 0 Å². The molecular weight excluding hydrogens is 236 g/mol. The highest BCUT2D eigenvalue weighted by molar-refractivity contribution is 5.45. The molecule has 2 atom stereocenters. The Balaban J connectivity index is 1.94. The third-order valence-corrected chi connectivity index (χ3v) is 3.81. The van der Waals surface area contributed by atoms with Crippen molar-refractivity contribution in [2.24, 2.45) is 5.92 Å². The maximum Gasteiger partial charge on any atom is 0.0624 e. The average molecular weight is 262 g/mol. The molecule has 106 valence electrons. The van der Waals surface area contributed by atoms with Crippen LogP contribution in [0.4, 0.5) is 5.69 Å². The topological polar surface area (TPSA) is 24.5 Å². The monoisotopic (exact) mass is 262 g/mol. The first-order valence-corrected chi connectivity index (χ1v) is 7.46. The Kier molecular flexibility index (Phi) is 5.67. The van der Waals surface area contributed by atoms with Gasteiger partial charge in [-0.25, -0.2) is 0 Å². The van der Waals surface area contributed by atoms with Gasteiger partial charge in [0, 0.05) is 30.7 Å². The van der Waals surface area contributed by atoms with Crippen LogP contribution in [-0.4, -0.2) is 38.9 Å². The summed E-state index contributed by atoms with van der Waals surface area (Å²) in [6, 6.07) is 11.2. The maximum atomic E-state index is 5.66. The van der Waals surface area contributed by atoms with E-state index in [0.29, 0.717) is 12.0 Å². The predicted octanol–water partition coefficient (Wildman–Crippen LogP) is 2.53. The lowest BCUT2D eigenvalue weighted by atomic mass is 10.0. The summed E-state index contributed by atoms with van der Waals surface area (Å²) in [7, 11) is 0. The molecule has 1 aliphatic rings. The number of rotatable bonds is 7. The Bertz CT molecular complexity index is 355. The average Bonchev–Trinajstić information content (AvgIpc) is 2.90. The number of hydrogen-bond acceptors (Lipinski definition) is 3. The van der Waals surface area contributed by atoms with E-state index >= 15 is 0 Å². The Hall–Kier alpha value is -1.06. The minimum Gasteiger partial charge on any atom is -0.379 e. The van der Waals surface area contributed by atoms with E-state index in [4.69, 9.17) is 4.74 Å². The summed E-state index contributed by atoms with van der Waals surface area (Å²) in [5.74, 6) is 0.590. The van der Waals surface area contributed by atoms with Crippen molar-refractivity contribution < 1.29 is 4.74 Å². The molecule has 1 fully saturated rings. The number of hydrogen-bond donors (Lipinski definition) is 1. The predicted molar refractivity (Wildman–Crippen MR) is 80.7 cm³/mol. The Labute approximate surface area is 116 Å². The van der Waals surface area contributed by atoms with E-state index in [-0.39, 0.29) is 0 Å². The number of ether oxygens (including phenoxy) is 1. The van der Waals surface area contributed by atoms with Crippen LogP contribution in [0.3, 0.4) is 0 Å². The highest BCUT2D eigenvalue weighted by Crippen LogP contribution is 2.20. The normalized spacial score (nSPS) is 22.6. The summed E-state index contributed by atoms with van der Waals surface area (Å²) in [6.45, 7) is 9.37. The van der Waals surface area contributed by atoms with E-state index in [0.717, 1.165) is 32.8 Å². The third kappa shape index (κ3) is 3.95. The standard InChI is InChI=1S/C16H26N2O/c1-3-10-17-16-13-19-12-14(16)11-18(4-2)15-8-6-5-7-9-15/h5-9,14,16-17H,3-4,10-13H2,1-2H3. The van der Waals surface area contributed by atoms with E-state index < -0.39 is 0 Å². The van der Waals surface area contributed by atoms with E-state index in [9.17, 15) is 0 Å². The molecule has 1 heterocycles. The van der Waals surface area contributed by atoms with Crippen LogP contribution in [0.25, 0.3) is 0 Å². The van der Waals surface area contributed by atoms with Crippen LogP contribution in [0.15, 0.2) is 30.3 Å². The van der Waals surface area contributed by atoms with Crippen molar-refractivity contribution in [3.05, 3.63) is 30.3 Å². The zero-order valence-corrected chi connectivity index (χ0v) is 12.1. The Morgan fingerprint density at radius 1 is 1.21 bits per heavy atom. The summed E-state index contributed by atoms with van der Waals surface area (Å²) >= 11 is 0. The molecule has 0 bridgehead atoms. The van der Waals surface area contributed by atoms with Crippen molar-refractivity contribution in [3.63, 3.8) is 0 Å². The van der Waals surface area contributed by atoms with Crippen LogP contribution in [0, 0.1) is 5.92 Å². The Morgan fingerprint density at radius 3 is 2.68 bits per heavy atom. The fourth-order valence-corrected chi connectivity index (χ4v) is 2.67. The van der Waals surface area contributed by atoms with Gasteiger partial charge in [0.15, 0.2) is 0 Å². The van der Waals surface area contributed by atoms with Crippen molar-refractivity contribution in [3.8, 4) is 0 Å². The van der Waals surface area contributed by atoms with E-state index in [2.05, 4.69) is 54.4 Å². The number of benzene rings is 1. The van der Waals surface area contributed by atoms with Gasteiger partial charge in [0.2, 0.25) is 0 Å². The smallest absolute Gasteiger partial charge is 0.0624 e. The van der Waals surface area contributed by atoms with E-state index in [1.165, 1.54) is 12.1 Å². The van der Waals surface area contributed by atoms with Gasteiger partial charge >= 0.3 is 0 Å². The summed E-state index contributed by atoms with van der Waals surface area (Å²) in [6.07, 6.45) is 1.18. The first-order chi connectivity index (χ1) is 9.35. The van der Waals surface area contributed by atoms with Crippen LogP contribution >= 0.6 is 0 Å². The van der Waals surface area contributed by atoms with Crippen LogP contribution in [0.5, 0.6) is 0 Å². The molecule has 1 N–H and O–H groups in total. The van der Waals surface area contributed by atoms with Crippen LogP contribution in [0.2, 0.25) is 0 Å². The molecule has 19 heavy (non-hydrogen) atoms. The van der Waals surface area contributed by atoms with Gasteiger partial charge in [0.05, 0.1) is 13.2 Å². The lowest BCUT2D eigenvalue weighted by Crippen LogP contribution is -2.42. The fourth-order valence-electron chi connectivity index (χ4n) is 2.67. The van der Waals surface area contributed by atoms with Gasteiger partial charge in [-0.1, -0.05) is 25.1 Å². The molecule has 0 saturated carbocycles. The van der Waals surface area contributed by atoms with Gasteiger partial charge in [-0.3, -0.25) is 0 Å². The van der Waals surface area contributed by atoms with Gasteiger partial charge in [-0.2, -0.15) is 0 Å². The van der Waals surface area contributed by atoms with Crippen LogP contribution in [-0.2, 0) is 4.74 Å². The van der Waals surface area contributed by atoms with Crippen molar-refractivity contribution in [2.75, 3.05) is 37.7 Å². The fraction of sp³-hybridized carbons (Fsp3) is 0.625. The molecule has 2 rings (SSSR count). The SMILES string of the molecule is CCCNC1COCC1CN(CC)c1ccccc1. The van der Waals surface area contributed by atoms with E-state index in [1.54, 1.807) is 0 Å². The molecule has 2 unspecified atom stereocenters.